The zero-order valence-corrected chi connectivity index (χ0v) is 54.8. The molecular weight excluding hydrogens is 1080 g/mol. The number of carboxylic acid groups (broad SMARTS) is 1. The highest BCUT2D eigenvalue weighted by atomic mass is 16.7. The predicted molar refractivity (Wildman–Crippen MR) is 372 cm³/mol. The molecule has 0 aliphatic rings. The second-order valence-electron chi connectivity index (χ2n) is 22.0. The first-order valence-corrected chi connectivity index (χ1v) is 32.9. The first-order valence-electron chi connectivity index (χ1n) is 32.9. The summed E-state index contributed by atoms with van der Waals surface area (Å²) in [6.45, 7) is 4.52. The number of hydrogen-bond donors (Lipinski definition) is 1. The van der Waals surface area contributed by atoms with Gasteiger partial charge in [-0.1, -0.05) is 245 Å². The molecule has 482 valence electrons. The standard InChI is InChI=1S/C78H117NO8/c1-6-8-10-12-14-16-18-20-22-24-26-28-30-32-34-36-38-40-42-44-46-48-50-52-54-56-58-60-62-64-66-68-75(80)85-72-74(73-86-78(77(82)83)84-71-70-79(3,4)5)87-76(81)69-67-65-63-61-59-57-55-53-51-49-47-45-43-41-39-37-35-33-31-29-27-25-23-21-19-17-15-13-11-9-7-2/h8-11,14-17,20-23,26-29,32-35,38-41,44-47,50-53,56-59,74,78H,6-7,12-13,18-19,24-25,30-31,36-37,42-43,48-49,54-55,60-73H2,1-5H3/p+1/b10-8-,11-9-,16-14-,17-15-,22-20-,23-21-,28-26-,29-27-,34-32-,35-33-,40-38-,41-39-,46-44-,47-45-,52-50-,53-51-,58-56-,59-57-. The second kappa shape index (κ2) is 65.6. The van der Waals surface area contributed by atoms with Crippen LogP contribution in [-0.4, -0.2) is 87.4 Å². The molecule has 2 atom stereocenters. The molecule has 0 aliphatic heterocycles. The lowest BCUT2D eigenvalue weighted by atomic mass is 10.1. The minimum Gasteiger partial charge on any atom is -0.477 e. The summed E-state index contributed by atoms with van der Waals surface area (Å²) < 4.78 is 22.8. The molecule has 0 aromatic carbocycles. The van der Waals surface area contributed by atoms with Gasteiger partial charge in [0.25, 0.3) is 6.29 Å². The summed E-state index contributed by atoms with van der Waals surface area (Å²) in [5, 5.41) is 9.73. The van der Waals surface area contributed by atoms with E-state index in [2.05, 4.69) is 233 Å². The molecule has 0 radical (unpaired) electrons. The third-order valence-electron chi connectivity index (χ3n) is 12.7. The largest absolute Gasteiger partial charge is 0.477 e. The topological polar surface area (TPSA) is 108 Å². The van der Waals surface area contributed by atoms with Crippen LogP contribution in [0.3, 0.4) is 0 Å². The molecule has 1 N–H and O–H groups in total. The van der Waals surface area contributed by atoms with Crippen molar-refractivity contribution in [2.75, 3.05) is 47.5 Å². The van der Waals surface area contributed by atoms with Gasteiger partial charge < -0.3 is 28.5 Å². The van der Waals surface area contributed by atoms with Crippen molar-refractivity contribution in [3.05, 3.63) is 219 Å². The highest BCUT2D eigenvalue weighted by molar-refractivity contribution is 5.71. The van der Waals surface area contributed by atoms with Crippen molar-refractivity contribution in [2.45, 2.75) is 206 Å². The third kappa shape index (κ3) is 67.0. The monoisotopic (exact) mass is 1200 g/mol. The minimum absolute atomic E-state index is 0.161. The van der Waals surface area contributed by atoms with Crippen LogP contribution < -0.4 is 0 Å². The molecular formula is C78H118NO8+. The maximum atomic E-state index is 12.9. The molecule has 0 aromatic heterocycles. The van der Waals surface area contributed by atoms with E-state index in [1.54, 1.807) is 0 Å². The number of carboxylic acids is 1. The molecule has 0 aromatic rings. The van der Waals surface area contributed by atoms with Gasteiger partial charge in [-0.15, -0.1) is 0 Å². The van der Waals surface area contributed by atoms with Crippen LogP contribution in [0.5, 0.6) is 0 Å². The van der Waals surface area contributed by atoms with E-state index >= 15 is 0 Å². The Labute approximate surface area is 530 Å². The molecule has 0 spiro atoms. The van der Waals surface area contributed by atoms with Crippen LogP contribution in [0, 0.1) is 0 Å². The molecule has 87 heavy (non-hydrogen) atoms. The molecule has 0 fully saturated rings. The van der Waals surface area contributed by atoms with Gasteiger partial charge in [0.1, 0.15) is 13.2 Å². The number of esters is 2. The fourth-order valence-corrected chi connectivity index (χ4v) is 7.76. The van der Waals surface area contributed by atoms with Crippen LogP contribution in [0.4, 0.5) is 0 Å². The number of carbonyl (C=O) groups is 3. The van der Waals surface area contributed by atoms with Gasteiger partial charge in [-0.3, -0.25) is 9.59 Å². The van der Waals surface area contributed by atoms with Gasteiger partial charge in [0, 0.05) is 12.8 Å². The highest BCUT2D eigenvalue weighted by Gasteiger charge is 2.25. The van der Waals surface area contributed by atoms with Crippen LogP contribution in [0.1, 0.15) is 194 Å². The van der Waals surface area contributed by atoms with E-state index in [1.165, 1.54) is 0 Å². The van der Waals surface area contributed by atoms with Crippen molar-refractivity contribution in [1.29, 1.82) is 0 Å². The fourth-order valence-electron chi connectivity index (χ4n) is 7.76. The molecule has 0 rings (SSSR count). The van der Waals surface area contributed by atoms with Crippen LogP contribution in [0.15, 0.2) is 219 Å². The Kier molecular flexibility index (Phi) is 60.8. The maximum absolute atomic E-state index is 12.9. The Hall–Kier alpha value is -6.39. The SMILES string of the molecule is CC/C=C\C/C=C\C/C=C\C/C=C\C/C=C\C/C=C\C/C=C\C/C=C\C/C=C\CCCCCC(=O)OCC(COC(OCC[N+](C)(C)C)C(=O)O)OC(=O)CCCCC/C=C\C/C=C\C/C=C\C/C=C\C/C=C\C/C=C\C/C=C\C/C=C\C/C=C\CC. The minimum atomic E-state index is -1.55. The van der Waals surface area contributed by atoms with E-state index in [0.717, 1.165) is 154 Å². The van der Waals surface area contributed by atoms with Crippen LogP contribution in [0.2, 0.25) is 0 Å². The molecule has 0 bridgehead atoms. The van der Waals surface area contributed by atoms with Crippen molar-refractivity contribution in [3.8, 4) is 0 Å². The molecule has 9 nitrogen and oxygen atoms in total. The summed E-state index contributed by atoms with van der Waals surface area (Å²) >= 11 is 0. The molecule has 0 saturated heterocycles. The van der Waals surface area contributed by atoms with Gasteiger partial charge in [-0.05, 0) is 154 Å². The number of ether oxygens (including phenoxy) is 4. The van der Waals surface area contributed by atoms with E-state index in [9.17, 15) is 19.5 Å². The predicted octanol–water partition coefficient (Wildman–Crippen LogP) is 20.6. The Morgan fingerprint density at radius 2 is 0.621 bits per heavy atom. The zero-order chi connectivity index (χ0) is 63.3. The Bertz CT molecular complexity index is 2230. The quantitative estimate of drug-likeness (QED) is 0.0211. The smallest absolute Gasteiger partial charge is 0.361 e. The number of aliphatic carboxylic acids is 1. The molecule has 0 aliphatic carbocycles. The van der Waals surface area contributed by atoms with Gasteiger partial charge in [0.15, 0.2) is 6.10 Å². The van der Waals surface area contributed by atoms with E-state index in [1.807, 2.05) is 21.1 Å². The van der Waals surface area contributed by atoms with Crippen molar-refractivity contribution in [3.63, 3.8) is 0 Å². The van der Waals surface area contributed by atoms with E-state index < -0.39 is 30.3 Å². The van der Waals surface area contributed by atoms with Crippen molar-refractivity contribution < 1.29 is 42.9 Å². The number of nitrogens with zero attached hydrogens (tertiary/aromatic N) is 1. The average Bonchev–Trinajstić information content (AvgIpc) is 3.51. The lowest BCUT2D eigenvalue weighted by Gasteiger charge is -2.25. The summed E-state index contributed by atoms with van der Waals surface area (Å²) in [6.07, 6.45) is 102. The van der Waals surface area contributed by atoms with Crippen LogP contribution in [-0.2, 0) is 33.3 Å². The van der Waals surface area contributed by atoms with Crippen LogP contribution in [0.25, 0.3) is 0 Å². The first kappa shape index (κ1) is 80.6. The van der Waals surface area contributed by atoms with Crippen molar-refractivity contribution in [2.24, 2.45) is 0 Å². The Morgan fingerprint density at radius 1 is 0.345 bits per heavy atom. The fraction of sp³-hybridized carbons (Fsp3) is 0.500. The van der Waals surface area contributed by atoms with Gasteiger partial charge in [-0.2, -0.15) is 0 Å². The lowest BCUT2D eigenvalue weighted by Crippen LogP contribution is -2.40. The number of hydrogen-bond acceptors (Lipinski definition) is 7. The second-order valence-corrected chi connectivity index (χ2v) is 22.0. The first-order chi connectivity index (χ1) is 42.6. The summed E-state index contributed by atoms with van der Waals surface area (Å²) in [6, 6.07) is 0. The lowest BCUT2D eigenvalue weighted by molar-refractivity contribution is -0.870. The molecule has 9 heteroatoms. The van der Waals surface area contributed by atoms with Crippen LogP contribution >= 0.6 is 0 Å². The summed E-state index contributed by atoms with van der Waals surface area (Å²) in [7, 11) is 5.93. The number of carbonyl (C=O) groups excluding carboxylic acids is 2. The molecule has 2 unspecified atom stereocenters. The van der Waals surface area contributed by atoms with E-state index in [4.69, 9.17) is 18.9 Å². The van der Waals surface area contributed by atoms with Gasteiger partial charge in [0.05, 0.1) is 34.4 Å². The van der Waals surface area contributed by atoms with Gasteiger partial charge in [-0.25, -0.2) is 4.79 Å². The maximum Gasteiger partial charge on any atom is 0.361 e. The van der Waals surface area contributed by atoms with Gasteiger partial charge >= 0.3 is 17.9 Å². The third-order valence-corrected chi connectivity index (χ3v) is 12.7. The Morgan fingerprint density at radius 3 is 0.897 bits per heavy atom. The summed E-state index contributed by atoms with van der Waals surface area (Å²) in [5.41, 5.74) is 0. The molecule has 0 saturated carbocycles. The van der Waals surface area contributed by atoms with E-state index in [0.29, 0.717) is 23.9 Å². The number of unbranched alkanes of at least 4 members (excludes halogenated alkanes) is 6. The number of rotatable bonds is 57. The normalized spacial score (nSPS) is 14.2. The highest BCUT2D eigenvalue weighted by Crippen LogP contribution is 2.11. The molecule has 0 heterocycles. The van der Waals surface area contributed by atoms with Crippen molar-refractivity contribution >= 4 is 17.9 Å². The summed E-state index contributed by atoms with van der Waals surface area (Å²) in [5.74, 6) is -2.13. The van der Waals surface area contributed by atoms with Gasteiger partial charge in [0.2, 0.25) is 0 Å². The molecule has 0 amide bonds. The zero-order valence-electron chi connectivity index (χ0n) is 54.8. The van der Waals surface area contributed by atoms with E-state index in [-0.39, 0.29) is 32.7 Å². The number of likely N-dealkylation sites (N-methyl/N-ethyl adjacent to an activating group) is 1. The average molecular weight is 1200 g/mol. The number of allylic oxidation sites excluding steroid dienone is 36. The summed E-state index contributed by atoms with van der Waals surface area (Å²) in [4.78, 5) is 37.6. The van der Waals surface area contributed by atoms with Crippen molar-refractivity contribution in [1.82, 2.24) is 0 Å². The number of quaternary nitrogens is 1. The Balaban J connectivity index is 4.41.